The van der Waals surface area contributed by atoms with Gasteiger partial charge in [-0.15, -0.1) is 0 Å². The average Bonchev–Trinajstić information content (AvgIpc) is 3.71. The van der Waals surface area contributed by atoms with E-state index in [1.165, 1.54) is 5.56 Å². The number of benzene rings is 7. The lowest BCUT2D eigenvalue weighted by atomic mass is 9.92. The monoisotopic (exact) mass is 588 g/mol. The summed E-state index contributed by atoms with van der Waals surface area (Å²) in [5.74, 6) is 1.75. The molecule has 9 aromatic rings. The van der Waals surface area contributed by atoms with Crippen LogP contribution in [-0.4, -0.2) is 0 Å². The van der Waals surface area contributed by atoms with Gasteiger partial charge in [0, 0.05) is 32.7 Å². The number of hydrogen-bond donors (Lipinski definition) is 0. The molecule has 2 nitrogen and oxygen atoms in total. The SMILES string of the molecule is c1ccc(-c2cccc(-c3oc(-c4ccc(-c5ccc6oc7ccccc7c6c5)cc4-c4ccccc4)c4ccccc34)c2)cc1. The topological polar surface area (TPSA) is 26.3 Å². The smallest absolute Gasteiger partial charge is 0.143 e. The van der Waals surface area contributed by atoms with E-state index in [-0.39, 0.29) is 0 Å². The van der Waals surface area contributed by atoms with Gasteiger partial charge in [-0.1, -0.05) is 133 Å². The van der Waals surface area contributed by atoms with Crippen molar-refractivity contribution in [3.63, 3.8) is 0 Å². The lowest BCUT2D eigenvalue weighted by molar-refractivity contribution is 0.602. The zero-order valence-corrected chi connectivity index (χ0v) is 25.0. The second-order valence-corrected chi connectivity index (χ2v) is 11.7. The molecule has 0 spiro atoms. The molecule has 0 bridgehead atoms. The summed E-state index contributed by atoms with van der Waals surface area (Å²) in [5.41, 5.74) is 10.8. The van der Waals surface area contributed by atoms with Crippen LogP contribution in [0.2, 0.25) is 0 Å². The Bertz CT molecular complexity index is 2520. The molecule has 2 aromatic heterocycles. The van der Waals surface area contributed by atoms with Crippen molar-refractivity contribution in [1.29, 1.82) is 0 Å². The molecule has 0 fully saturated rings. The van der Waals surface area contributed by atoms with Crippen LogP contribution >= 0.6 is 0 Å². The Morgan fingerprint density at radius 2 is 0.826 bits per heavy atom. The highest BCUT2D eigenvalue weighted by molar-refractivity contribution is 6.07. The van der Waals surface area contributed by atoms with Gasteiger partial charge < -0.3 is 8.83 Å². The van der Waals surface area contributed by atoms with Gasteiger partial charge in [0.15, 0.2) is 0 Å². The first-order chi connectivity index (χ1) is 22.8. The molecule has 2 heterocycles. The van der Waals surface area contributed by atoms with Crippen LogP contribution in [0.4, 0.5) is 0 Å². The average molecular weight is 589 g/mol. The molecule has 0 aliphatic heterocycles. The highest BCUT2D eigenvalue weighted by atomic mass is 16.3. The van der Waals surface area contributed by atoms with Crippen LogP contribution in [0.25, 0.3) is 88.7 Å². The first kappa shape index (κ1) is 26.3. The maximum Gasteiger partial charge on any atom is 0.143 e. The van der Waals surface area contributed by atoms with Crippen molar-refractivity contribution in [2.75, 3.05) is 0 Å². The largest absolute Gasteiger partial charge is 0.456 e. The fraction of sp³-hybridized carbons (Fsp3) is 0. The van der Waals surface area contributed by atoms with E-state index in [2.05, 4.69) is 152 Å². The minimum Gasteiger partial charge on any atom is -0.456 e. The van der Waals surface area contributed by atoms with Gasteiger partial charge in [0.1, 0.15) is 22.7 Å². The molecule has 0 saturated carbocycles. The number of furan rings is 2. The van der Waals surface area contributed by atoms with Gasteiger partial charge in [0.05, 0.1) is 0 Å². The van der Waals surface area contributed by atoms with Crippen LogP contribution in [0, 0.1) is 0 Å². The summed E-state index contributed by atoms with van der Waals surface area (Å²) >= 11 is 0. The normalized spacial score (nSPS) is 11.5. The van der Waals surface area contributed by atoms with E-state index in [0.717, 1.165) is 83.2 Å². The predicted octanol–water partition coefficient (Wildman–Crippen LogP) is 12.7. The fourth-order valence-corrected chi connectivity index (χ4v) is 6.66. The molecule has 9 rings (SSSR count). The minimum atomic E-state index is 0.873. The minimum absolute atomic E-state index is 0.873. The molecule has 0 N–H and O–H groups in total. The molecule has 46 heavy (non-hydrogen) atoms. The van der Waals surface area contributed by atoms with E-state index in [4.69, 9.17) is 8.83 Å². The maximum atomic E-state index is 6.92. The zero-order valence-electron chi connectivity index (χ0n) is 25.0. The van der Waals surface area contributed by atoms with Gasteiger partial charge in [-0.3, -0.25) is 0 Å². The van der Waals surface area contributed by atoms with E-state index in [1.54, 1.807) is 0 Å². The molecule has 2 heteroatoms. The number of fused-ring (bicyclic) bond motifs is 4. The molecule has 0 amide bonds. The first-order valence-corrected chi connectivity index (χ1v) is 15.6. The Hall–Kier alpha value is -6.12. The van der Waals surface area contributed by atoms with Crippen molar-refractivity contribution >= 4 is 32.7 Å². The quantitative estimate of drug-likeness (QED) is 0.200. The molecule has 0 unspecified atom stereocenters. The highest BCUT2D eigenvalue weighted by Crippen LogP contribution is 2.44. The van der Waals surface area contributed by atoms with Gasteiger partial charge in [-0.2, -0.15) is 0 Å². The highest BCUT2D eigenvalue weighted by Gasteiger charge is 2.20. The van der Waals surface area contributed by atoms with E-state index in [9.17, 15) is 0 Å². The van der Waals surface area contributed by atoms with Crippen molar-refractivity contribution < 1.29 is 8.83 Å². The van der Waals surface area contributed by atoms with E-state index >= 15 is 0 Å². The summed E-state index contributed by atoms with van der Waals surface area (Å²) < 4.78 is 13.0. The molecule has 0 saturated heterocycles. The lowest BCUT2D eigenvalue weighted by Crippen LogP contribution is -1.87. The molecule has 0 atom stereocenters. The third-order valence-corrected chi connectivity index (χ3v) is 8.91. The summed E-state index contributed by atoms with van der Waals surface area (Å²) in [4.78, 5) is 0. The van der Waals surface area contributed by atoms with Crippen molar-refractivity contribution in [2.24, 2.45) is 0 Å². The lowest BCUT2D eigenvalue weighted by Gasteiger charge is -2.12. The van der Waals surface area contributed by atoms with Crippen LogP contribution in [0.3, 0.4) is 0 Å². The molecule has 0 aliphatic rings. The molecule has 0 aliphatic carbocycles. The fourth-order valence-electron chi connectivity index (χ4n) is 6.66. The van der Waals surface area contributed by atoms with Crippen molar-refractivity contribution in [2.45, 2.75) is 0 Å². The Kier molecular flexibility index (Phi) is 6.17. The predicted molar refractivity (Wildman–Crippen MR) is 191 cm³/mol. The van der Waals surface area contributed by atoms with Crippen molar-refractivity contribution in [3.8, 4) is 56.0 Å². The van der Waals surface area contributed by atoms with E-state index < -0.39 is 0 Å². The van der Waals surface area contributed by atoms with Gasteiger partial charge in [-0.05, 0) is 69.8 Å². The third kappa shape index (κ3) is 4.43. The molecule has 0 radical (unpaired) electrons. The molecular formula is C44H28O2. The van der Waals surface area contributed by atoms with Crippen LogP contribution < -0.4 is 0 Å². The number of rotatable bonds is 5. The number of para-hydroxylation sites is 1. The zero-order chi connectivity index (χ0) is 30.5. The summed E-state index contributed by atoms with van der Waals surface area (Å²) in [6, 6.07) is 59.6. The van der Waals surface area contributed by atoms with Gasteiger partial charge in [0.2, 0.25) is 0 Å². The van der Waals surface area contributed by atoms with Gasteiger partial charge >= 0.3 is 0 Å². The van der Waals surface area contributed by atoms with Crippen LogP contribution in [0.5, 0.6) is 0 Å². The second-order valence-electron chi connectivity index (χ2n) is 11.7. The summed E-state index contributed by atoms with van der Waals surface area (Å²) in [7, 11) is 0. The summed E-state index contributed by atoms with van der Waals surface area (Å²) in [6.45, 7) is 0. The van der Waals surface area contributed by atoms with Crippen molar-refractivity contribution in [3.05, 3.63) is 170 Å². The Labute approximate surface area is 266 Å². The first-order valence-electron chi connectivity index (χ1n) is 15.6. The van der Waals surface area contributed by atoms with Crippen LogP contribution in [-0.2, 0) is 0 Å². The second kappa shape index (κ2) is 10.8. The van der Waals surface area contributed by atoms with Crippen LogP contribution in [0.15, 0.2) is 179 Å². The van der Waals surface area contributed by atoms with E-state index in [0.29, 0.717) is 0 Å². The van der Waals surface area contributed by atoms with Gasteiger partial charge in [0.25, 0.3) is 0 Å². The standard InChI is InChI=1S/C44H28O2/c1-3-12-29(13-4-1)31-16-11-17-34(26-31)43-36-19-7-8-20-37(36)44(46-43)38-24-22-32(27-39(38)30-14-5-2-6-15-30)33-23-25-42-40(28-33)35-18-9-10-21-41(35)45-42/h1-28H. The Morgan fingerprint density at radius 1 is 0.261 bits per heavy atom. The van der Waals surface area contributed by atoms with Crippen molar-refractivity contribution in [1.82, 2.24) is 0 Å². The molecule has 7 aromatic carbocycles. The Morgan fingerprint density at radius 3 is 1.63 bits per heavy atom. The maximum absolute atomic E-state index is 6.92. The third-order valence-electron chi connectivity index (χ3n) is 8.91. The summed E-state index contributed by atoms with van der Waals surface area (Å²) in [6.07, 6.45) is 0. The summed E-state index contributed by atoms with van der Waals surface area (Å²) in [5, 5.41) is 4.45. The van der Waals surface area contributed by atoms with Gasteiger partial charge in [-0.25, -0.2) is 0 Å². The van der Waals surface area contributed by atoms with Crippen LogP contribution in [0.1, 0.15) is 0 Å². The number of hydrogen-bond acceptors (Lipinski definition) is 2. The van der Waals surface area contributed by atoms with E-state index in [1.807, 2.05) is 18.2 Å². The molecule has 216 valence electrons. The molecular weight excluding hydrogens is 560 g/mol. The Balaban J connectivity index is 1.22.